The fourth-order valence-corrected chi connectivity index (χ4v) is 2.60. The Morgan fingerprint density at radius 1 is 1.39 bits per heavy atom. The minimum Gasteiger partial charge on any atom is -0.375 e. The van der Waals surface area contributed by atoms with E-state index in [9.17, 15) is 9.59 Å². The number of hydrogen-bond donors (Lipinski definition) is 2. The minimum absolute atomic E-state index is 0.00227. The average molecular weight is 320 g/mol. The highest BCUT2D eigenvalue weighted by Gasteiger charge is 2.23. The van der Waals surface area contributed by atoms with Crippen LogP contribution in [0, 0.1) is 6.92 Å². The Morgan fingerprint density at radius 3 is 2.78 bits per heavy atom. The lowest BCUT2D eigenvalue weighted by Gasteiger charge is -2.32. The molecule has 1 aliphatic rings. The number of urea groups is 1. The smallest absolute Gasteiger partial charge is 0.315 e. The molecule has 2 N–H and O–H groups in total. The molecule has 1 aromatic heterocycles. The number of methoxy groups -OCH3 is 1. The monoisotopic (exact) mass is 320 g/mol. The number of carbonyl (C=O) groups is 2. The van der Waals surface area contributed by atoms with E-state index in [2.05, 4.69) is 15.6 Å². The lowest BCUT2D eigenvalue weighted by atomic mass is 10.1. The van der Waals surface area contributed by atoms with E-state index in [1.54, 1.807) is 11.1 Å². The number of piperidine rings is 1. The van der Waals surface area contributed by atoms with Crippen molar-refractivity contribution in [3.8, 4) is 0 Å². The molecule has 0 unspecified atom stereocenters. The standard InChI is InChI=1S/C16H24N4O3/c1-12-13(4-3-7-17-12)10-18-16(22)19-14-5-8-20(9-6-14)15(21)11-23-2/h3-4,7,14H,5-6,8-11H2,1-2H3,(H2,18,19,22). The predicted octanol–water partition coefficient (Wildman–Crippen LogP) is 0.827. The number of ether oxygens (including phenoxy) is 1. The van der Waals surface area contributed by atoms with E-state index in [-0.39, 0.29) is 24.6 Å². The molecule has 126 valence electrons. The number of carbonyl (C=O) groups excluding carboxylic acids is 2. The van der Waals surface area contributed by atoms with Gasteiger partial charge in [-0.3, -0.25) is 9.78 Å². The molecule has 0 radical (unpaired) electrons. The molecule has 7 heteroatoms. The molecule has 0 aliphatic carbocycles. The first-order valence-electron chi connectivity index (χ1n) is 7.81. The lowest BCUT2D eigenvalue weighted by Crippen LogP contribution is -2.49. The first-order chi connectivity index (χ1) is 11.1. The van der Waals surface area contributed by atoms with Crippen LogP contribution in [0.4, 0.5) is 4.79 Å². The molecule has 3 amide bonds. The second-order valence-corrected chi connectivity index (χ2v) is 5.66. The van der Waals surface area contributed by atoms with Gasteiger partial charge >= 0.3 is 6.03 Å². The molecule has 1 fully saturated rings. The summed E-state index contributed by atoms with van der Waals surface area (Å²) in [7, 11) is 1.51. The Morgan fingerprint density at radius 2 is 2.13 bits per heavy atom. The van der Waals surface area contributed by atoms with E-state index < -0.39 is 0 Å². The summed E-state index contributed by atoms with van der Waals surface area (Å²) in [6.07, 6.45) is 3.25. The topological polar surface area (TPSA) is 83.6 Å². The van der Waals surface area contributed by atoms with Gasteiger partial charge in [-0.1, -0.05) is 6.07 Å². The third-order valence-electron chi connectivity index (χ3n) is 4.01. The van der Waals surface area contributed by atoms with Crippen LogP contribution in [0.2, 0.25) is 0 Å². The fourth-order valence-electron chi connectivity index (χ4n) is 2.60. The number of amides is 3. The van der Waals surface area contributed by atoms with E-state index in [1.165, 1.54) is 7.11 Å². The fraction of sp³-hybridized carbons (Fsp3) is 0.562. The Hall–Kier alpha value is -2.15. The van der Waals surface area contributed by atoms with Crippen molar-refractivity contribution in [2.45, 2.75) is 32.4 Å². The molecular weight excluding hydrogens is 296 g/mol. The Kier molecular flexibility index (Phi) is 6.34. The second kappa shape index (κ2) is 8.47. The van der Waals surface area contributed by atoms with Crippen LogP contribution >= 0.6 is 0 Å². The van der Waals surface area contributed by atoms with Gasteiger partial charge in [0.15, 0.2) is 0 Å². The van der Waals surface area contributed by atoms with Gasteiger partial charge in [-0.15, -0.1) is 0 Å². The highest BCUT2D eigenvalue weighted by Crippen LogP contribution is 2.10. The summed E-state index contributed by atoms with van der Waals surface area (Å²) in [5.74, 6) is 0.00227. The van der Waals surface area contributed by atoms with E-state index >= 15 is 0 Å². The molecule has 0 aromatic carbocycles. The van der Waals surface area contributed by atoms with Crippen molar-refractivity contribution in [2.75, 3.05) is 26.8 Å². The van der Waals surface area contributed by atoms with Gasteiger partial charge in [0.1, 0.15) is 6.61 Å². The molecule has 1 aliphatic heterocycles. The van der Waals surface area contributed by atoms with Gasteiger partial charge < -0.3 is 20.3 Å². The number of hydrogen-bond acceptors (Lipinski definition) is 4. The number of nitrogens with one attached hydrogen (secondary N) is 2. The summed E-state index contributed by atoms with van der Waals surface area (Å²) in [4.78, 5) is 29.7. The zero-order valence-corrected chi connectivity index (χ0v) is 13.7. The van der Waals surface area contributed by atoms with Crippen LogP contribution in [0.5, 0.6) is 0 Å². The van der Waals surface area contributed by atoms with Crippen LogP contribution in [0.15, 0.2) is 18.3 Å². The van der Waals surface area contributed by atoms with Gasteiger partial charge in [-0.2, -0.15) is 0 Å². The number of pyridine rings is 1. The molecular formula is C16H24N4O3. The van der Waals surface area contributed by atoms with E-state index in [1.807, 2.05) is 19.1 Å². The van der Waals surface area contributed by atoms with E-state index in [0.29, 0.717) is 19.6 Å². The molecule has 0 bridgehead atoms. The normalized spacial score (nSPS) is 15.3. The summed E-state index contributed by atoms with van der Waals surface area (Å²) in [6.45, 7) is 3.78. The molecule has 7 nitrogen and oxygen atoms in total. The zero-order chi connectivity index (χ0) is 16.7. The zero-order valence-electron chi connectivity index (χ0n) is 13.7. The molecule has 0 atom stereocenters. The number of aromatic nitrogens is 1. The molecule has 1 aromatic rings. The number of likely N-dealkylation sites (tertiary alicyclic amines) is 1. The highest BCUT2D eigenvalue weighted by molar-refractivity contribution is 5.77. The predicted molar refractivity (Wildman–Crippen MR) is 85.8 cm³/mol. The summed E-state index contributed by atoms with van der Waals surface area (Å²) in [5.41, 5.74) is 1.92. The van der Waals surface area contributed by atoms with Crippen LogP contribution < -0.4 is 10.6 Å². The maximum Gasteiger partial charge on any atom is 0.315 e. The first-order valence-corrected chi connectivity index (χ1v) is 7.81. The molecule has 23 heavy (non-hydrogen) atoms. The van der Waals surface area contributed by atoms with Crippen molar-refractivity contribution in [2.24, 2.45) is 0 Å². The summed E-state index contributed by atoms with van der Waals surface area (Å²) in [6, 6.07) is 3.71. The molecule has 0 saturated carbocycles. The van der Waals surface area contributed by atoms with Crippen molar-refractivity contribution in [1.82, 2.24) is 20.5 Å². The summed E-state index contributed by atoms with van der Waals surface area (Å²) < 4.78 is 4.86. The maximum absolute atomic E-state index is 12.0. The summed E-state index contributed by atoms with van der Waals surface area (Å²) in [5, 5.41) is 5.81. The van der Waals surface area contributed by atoms with Crippen LogP contribution in [-0.2, 0) is 16.1 Å². The van der Waals surface area contributed by atoms with E-state index in [0.717, 1.165) is 24.1 Å². The number of aryl methyl sites for hydroxylation is 1. The van der Waals surface area contributed by atoms with Crippen molar-refractivity contribution >= 4 is 11.9 Å². The van der Waals surface area contributed by atoms with Gasteiger partial charge in [-0.25, -0.2) is 4.79 Å². The maximum atomic E-state index is 12.0. The van der Waals surface area contributed by atoms with Crippen LogP contribution in [-0.4, -0.2) is 54.7 Å². The van der Waals surface area contributed by atoms with Crippen molar-refractivity contribution in [3.63, 3.8) is 0 Å². The average Bonchev–Trinajstić information content (AvgIpc) is 2.55. The van der Waals surface area contributed by atoms with Gasteiger partial charge in [0.2, 0.25) is 5.91 Å². The molecule has 2 heterocycles. The minimum atomic E-state index is -0.185. The lowest BCUT2D eigenvalue weighted by molar-refractivity contribution is -0.136. The number of rotatable bonds is 5. The first kappa shape index (κ1) is 17.2. The van der Waals surface area contributed by atoms with Gasteiger partial charge in [0.05, 0.1) is 0 Å². The van der Waals surface area contributed by atoms with Crippen LogP contribution in [0.3, 0.4) is 0 Å². The van der Waals surface area contributed by atoms with Gasteiger partial charge in [0, 0.05) is 44.7 Å². The van der Waals surface area contributed by atoms with Crippen LogP contribution in [0.25, 0.3) is 0 Å². The molecule has 0 spiro atoms. The largest absolute Gasteiger partial charge is 0.375 e. The SMILES string of the molecule is COCC(=O)N1CCC(NC(=O)NCc2cccnc2C)CC1. The van der Waals surface area contributed by atoms with E-state index in [4.69, 9.17) is 4.74 Å². The summed E-state index contributed by atoms with van der Waals surface area (Å²) >= 11 is 0. The highest BCUT2D eigenvalue weighted by atomic mass is 16.5. The third-order valence-corrected chi connectivity index (χ3v) is 4.01. The Balaban J connectivity index is 1.71. The third kappa shape index (κ3) is 5.21. The Labute approximate surface area is 136 Å². The Bertz CT molecular complexity index is 542. The van der Waals surface area contributed by atoms with Crippen molar-refractivity contribution in [1.29, 1.82) is 0 Å². The van der Waals surface area contributed by atoms with Crippen molar-refractivity contribution < 1.29 is 14.3 Å². The second-order valence-electron chi connectivity index (χ2n) is 5.66. The molecule has 2 rings (SSSR count). The van der Waals surface area contributed by atoms with Crippen molar-refractivity contribution in [3.05, 3.63) is 29.6 Å². The van der Waals surface area contributed by atoms with Crippen LogP contribution in [0.1, 0.15) is 24.1 Å². The van der Waals surface area contributed by atoms with Gasteiger partial charge in [-0.05, 0) is 31.4 Å². The quantitative estimate of drug-likeness (QED) is 0.841. The van der Waals surface area contributed by atoms with Gasteiger partial charge in [0.25, 0.3) is 0 Å². The molecule has 1 saturated heterocycles. The number of nitrogens with zero attached hydrogens (tertiary/aromatic N) is 2.